The molecule has 0 aliphatic carbocycles. The number of ether oxygens (including phenoxy) is 2. The molecule has 6 nitrogen and oxygen atoms in total. The SMILES string of the molecule is CCOc1ccc(OCC(=O)NC(c2ccccc2)C(C)C(=O)O)cc1. The van der Waals surface area contributed by atoms with Crippen LogP contribution >= 0.6 is 0 Å². The second kappa shape index (κ2) is 9.46. The molecule has 26 heavy (non-hydrogen) atoms. The summed E-state index contributed by atoms with van der Waals surface area (Å²) >= 11 is 0. The van der Waals surface area contributed by atoms with E-state index in [1.807, 2.05) is 13.0 Å². The van der Waals surface area contributed by atoms with Crippen molar-refractivity contribution in [3.63, 3.8) is 0 Å². The molecule has 138 valence electrons. The monoisotopic (exact) mass is 357 g/mol. The molecule has 0 saturated carbocycles. The van der Waals surface area contributed by atoms with Crippen molar-refractivity contribution in [3.8, 4) is 11.5 Å². The number of hydrogen-bond acceptors (Lipinski definition) is 4. The molecular formula is C20H23NO5. The first kappa shape index (κ1) is 19.3. The largest absolute Gasteiger partial charge is 0.494 e. The fourth-order valence-corrected chi connectivity index (χ4v) is 2.46. The summed E-state index contributed by atoms with van der Waals surface area (Å²) in [6.07, 6.45) is 0. The zero-order valence-corrected chi connectivity index (χ0v) is 14.8. The van der Waals surface area contributed by atoms with Gasteiger partial charge in [-0.25, -0.2) is 0 Å². The molecule has 2 rings (SSSR count). The van der Waals surface area contributed by atoms with E-state index in [0.29, 0.717) is 12.4 Å². The van der Waals surface area contributed by atoms with Crippen LogP contribution in [-0.2, 0) is 9.59 Å². The third kappa shape index (κ3) is 5.51. The molecule has 0 fully saturated rings. The van der Waals surface area contributed by atoms with E-state index in [2.05, 4.69) is 5.32 Å². The number of benzene rings is 2. The number of nitrogens with one attached hydrogen (secondary N) is 1. The van der Waals surface area contributed by atoms with Crippen LogP contribution in [0.5, 0.6) is 11.5 Å². The van der Waals surface area contributed by atoms with Gasteiger partial charge in [0.1, 0.15) is 11.5 Å². The Hall–Kier alpha value is -3.02. The predicted octanol–water partition coefficient (Wildman–Crippen LogP) is 3.04. The Balaban J connectivity index is 1.97. The summed E-state index contributed by atoms with van der Waals surface area (Å²) in [5, 5.41) is 12.1. The van der Waals surface area contributed by atoms with Crippen LogP contribution in [-0.4, -0.2) is 30.2 Å². The van der Waals surface area contributed by atoms with E-state index in [4.69, 9.17) is 9.47 Å². The molecule has 0 bridgehead atoms. The van der Waals surface area contributed by atoms with Gasteiger partial charge in [0, 0.05) is 0 Å². The Morgan fingerprint density at radius 1 is 1.00 bits per heavy atom. The van der Waals surface area contributed by atoms with Gasteiger partial charge in [0.2, 0.25) is 0 Å². The standard InChI is InChI=1S/C20H23NO5/c1-3-25-16-9-11-17(12-10-16)26-13-18(22)21-19(14(2)20(23)24)15-7-5-4-6-8-15/h4-12,14,19H,3,13H2,1-2H3,(H,21,22)(H,23,24). The van der Waals surface area contributed by atoms with Gasteiger partial charge in [0.25, 0.3) is 5.91 Å². The van der Waals surface area contributed by atoms with E-state index in [1.165, 1.54) is 0 Å². The predicted molar refractivity (Wildman–Crippen MR) is 97.2 cm³/mol. The summed E-state index contributed by atoms with van der Waals surface area (Å²) in [4.78, 5) is 23.6. The van der Waals surface area contributed by atoms with E-state index < -0.39 is 17.9 Å². The Labute approximate surface area is 152 Å². The minimum absolute atomic E-state index is 0.205. The summed E-state index contributed by atoms with van der Waals surface area (Å²) in [6, 6.07) is 15.3. The van der Waals surface area contributed by atoms with Crippen molar-refractivity contribution in [1.29, 1.82) is 0 Å². The van der Waals surface area contributed by atoms with E-state index >= 15 is 0 Å². The number of hydrogen-bond donors (Lipinski definition) is 2. The van der Waals surface area contributed by atoms with Gasteiger partial charge in [-0.1, -0.05) is 30.3 Å². The number of carboxylic acid groups (broad SMARTS) is 1. The van der Waals surface area contributed by atoms with Crippen LogP contribution in [0.15, 0.2) is 54.6 Å². The Kier molecular flexibility index (Phi) is 7.02. The van der Waals surface area contributed by atoms with Gasteiger partial charge in [0.05, 0.1) is 18.6 Å². The summed E-state index contributed by atoms with van der Waals surface area (Å²) in [5.41, 5.74) is 0.733. The average Bonchev–Trinajstić information content (AvgIpc) is 2.66. The molecule has 2 N–H and O–H groups in total. The number of aliphatic carboxylic acids is 1. The molecule has 2 unspecified atom stereocenters. The number of carbonyl (C=O) groups is 2. The summed E-state index contributed by atoms with van der Waals surface area (Å²) in [6.45, 7) is 3.83. The van der Waals surface area contributed by atoms with Crippen LogP contribution in [0, 0.1) is 5.92 Å². The van der Waals surface area contributed by atoms with Gasteiger partial charge in [-0.05, 0) is 43.7 Å². The van der Waals surface area contributed by atoms with Crippen molar-refractivity contribution in [2.45, 2.75) is 19.9 Å². The molecule has 0 saturated heterocycles. The molecule has 2 aromatic carbocycles. The zero-order valence-electron chi connectivity index (χ0n) is 14.8. The summed E-state index contributed by atoms with van der Waals surface area (Å²) in [5.74, 6) is -0.880. The van der Waals surface area contributed by atoms with Gasteiger partial charge >= 0.3 is 5.97 Å². The lowest BCUT2D eigenvalue weighted by Crippen LogP contribution is -2.38. The average molecular weight is 357 g/mol. The summed E-state index contributed by atoms with van der Waals surface area (Å²) < 4.78 is 10.8. The van der Waals surface area contributed by atoms with E-state index in [0.717, 1.165) is 11.3 Å². The lowest BCUT2D eigenvalue weighted by molar-refractivity contribution is -0.142. The summed E-state index contributed by atoms with van der Waals surface area (Å²) in [7, 11) is 0. The minimum atomic E-state index is -0.980. The second-order valence-corrected chi connectivity index (χ2v) is 5.78. The highest BCUT2D eigenvalue weighted by Crippen LogP contribution is 2.22. The minimum Gasteiger partial charge on any atom is -0.494 e. The lowest BCUT2D eigenvalue weighted by atomic mass is 9.94. The molecule has 0 heterocycles. The van der Waals surface area contributed by atoms with Gasteiger partial charge in [-0.2, -0.15) is 0 Å². The number of rotatable bonds is 9. The number of carboxylic acids is 1. The van der Waals surface area contributed by atoms with Gasteiger partial charge in [-0.3, -0.25) is 9.59 Å². The van der Waals surface area contributed by atoms with Crippen LogP contribution in [0.3, 0.4) is 0 Å². The fourth-order valence-electron chi connectivity index (χ4n) is 2.46. The third-order valence-electron chi connectivity index (χ3n) is 3.87. The molecule has 0 spiro atoms. The van der Waals surface area contributed by atoms with Crippen molar-refractivity contribution in [3.05, 3.63) is 60.2 Å². The van der Waals surface area contributed by atoms with E-state index in [1.54, 1.807) is 55.5 Å². The van der Waals surface area contributed by atoms with Crippen LogP contribution < -0.4 is 14.8 Å². The van der Waals surface area contributed by atoms with Crippen LogP contribution in [0.4, 0.5) is 0 Å². The van der Waals surface area contributed by atoms with Crippen molar-refractivity contribution in [1.82, 2.24) is 5.32 Å². The maximum atomic E-state index is 12.2. The zero-order chi connectivity index (χ0) is 18.9. The fraction of sp³-hybridized carbons (Fsp3) is 0.300. The van der Waals surface area contributed by atoms with Gasteiger partial charge in [-0.15, -0.1) is 0 Å². The first-order chi connectivity index (χ1) is 12.5. The normalized spacial score (nSPS) is 12.7. The second-order valence-electron chi connectivity index (χ2n) is 5.78. The molecular weight excluding hydrogens is 334 g/mol. The molecule has 0 aromatic heterocycles. The first-order valence-corrected chi connectivity index (χ1v) is 8.44. The highest BCUT2D eigenvalue weighted by atomic mass is 16.5. The van der Waals surface area contributed by atoms with Crippen molar-refractivity contribution in [2.75, 3.05) is 13.2 Å². The Morgan fingerprint density at radius 3 is 2.12 bits per heavy atom. The molecule has 6 heteroatoms. The third-order valence-corrected chi connectivity index (χ3v) is 3.87. The molecule has 0 aliphatic rings. The van der Waals surface area contributed by atoms with Crippen molar-refractivity contribution < 1.29 is 24.2 Å². The van der Waals surface area contributed by atoms with Crippen molar-refractivity contribution in [2.24, 2.45) is 5.92 Å². The quantitative estimate of drug-likeness (QED) is 0.720. The van der Waals surface area contributed by atoms with Crippen molar-refractivity contribution >= 4 is 11.9 Å². The number of carbonyl (C=O) groups excluding carboxylic acids is 1. The maximum Gasteiger partial charge on any atom is 0.308 e. The van der Waals surface area contributed by atoms with Crippen LogP contribution in [0.25, 0.3) is 0 Å². The molecule has 0 radical (unpaired) electrons. The molecule has 2 atom stereocenters. The maximum absolute atomic E-state index is 12.2. The first-order valence-electron chi connectivity index (χ1n) is 8.44. The molecule has 0 aliphatic heterocycles. The molecule has 1 amide bonds. The smallest absolute Gasteiger partial charge is 0.308 e. The van der Waals surface area contributed by atoms with Crippen LogP contribution in [0.2, 0.25) is 0 Å². The molecule has 2 aromatic rings. The van der Waals surface area contributed by atoms with E-state index in [-0.39, 0.29) is 12.5 Å². The highest BCUT2D eigenvalue weighted by Gasteiger charge is 2.26. The topological polar surface area (TPSA) is 84.9 Å². The van der Waals surface area contributed by atoms with Crippen LogP contribution in [0.1, 0.15) is 25.5 Å². The van der Waals surface area contributed by atoms with Gasteiger partial charge < -0.3 is 19.9 Å². The van der Waals surface area contributed by atoms with E-state index in [9.17, 15) is 14.7 Å². The highest BCUT2D eigenvalue weighted by molar-refractivity contribution is 5.79. The lowest BCUT2D eigenvalue weighted by Gasteiger charge is -2.23. The Bertz CT molecular complexity index is 715. The van der Waals surface area contributed by atoms with Gasteiger partial charge in [0.15, 0.2) is 6.61 Å². The Morgan fingerprint density at radius 2 is 1.58 bits per heavy atom. The number of amides is 1.